The van der Waals surface area contributed by atoms with Crippen LogP contribution in [0.1, 0.15) is 27.8 Å². The predicted octanol–water partition coefficient (Wildman–Crippen LogP) is 1.02. The summed E-state index contributed by atoms with van der Waals surface area (Å²) in [5, 5.41) is 0. The molecular weight excluding hydrogens is 286 g/mol. The van der Waals surface area contributed by atoms with Gasteiger partial charge in [-0.05, 0) is 31.2 Å². The van der Waals surface area contributed by atoms with Crippen molar-refractivity contribution in [2.45, 2.75) is 13.0 Å². The number of aromatic nitrogens is 1. The number of nitrogens with one attached hydrogen (secondary N) is 3. The Hall–Kier alpha value is -3.09. The van der Waals surface area contributed by atoms with E-state index in [0.717, 1.165) is 0 Å². The van der Waals surface area contributed by atoms with Crippen LogP contribution in [0.5, 0.6) is 0 Å². The van der Waals surface area contributed by atoms with Crippen LogP contribution in [0.15, 0.2) is 48.7 Å². The lowest BCUT2D eigenvalue weighted by Gasteiger charge is -2.13. The van der Waals surface area contributed by atoms with Gasteiger partial charge in [0.2, 0.25) is 0 Å². The second kappa shape index (κ2) is 7.07. The van der Waals surface area contributed by atoms with E-state index in [1.807, 2.05) is 0 Å². The van der Waals surface area contributed by atoms with Gasteiger partial charge in [0.25, 0.3) is 11.8 Å². The molecule has 0 radical (unpaired) electrons. The quantitative estimate of drug-likeness (QED) is 0.580. The minimum atomic E-state index is -1.05. The molecule has 2 aromatic rings. The molecule has 0 aliphatic heterocycles. The Morgan fingerprint density at radius 3 is 2.41 bits per heavy atom. The van der Waals surface area contributed by atoms with Gasteiger partial charge in [-0.15, -0.1) is 0 Å². The summed E-state index contributed by atoms with van der Waals surface area (Å²) in [6.07, 6.45) is 0.522. The lowest BCUT2D eigenvalue weighted by molar-refractivity contribution is -0.129. The summed E-state index contributed by atoms with van der Waals surface area (Å²) in [6, 6.07) is 11.6. The number of benzene rings is 1. The number of ether oxygens (including phenoxy) is 1. The highest BCUT2D eigenvalue weighted by atomic mass is 16.5. The van der Waals surface area contributed by atoms with E-state index >= 15 is 0 Å². The number of hydrogen-bond donors (Lipinski definition) is 3. The van der Waals surface area contributed by atoms with Crippen LogP contribution in [0.4, 0.5) is 0 Å². The monoisotopic (exact) mass is 301 g/mol. The van der Waals surface area contributed by atoms with Crippen molar-refractivity contribution < 1.29 is 19.1 Å². The Kier molecular flexibility index (Phi) is 4.92. The molecule has 22 heavy (non-hydrogen) atoms. The lowest BCUT2D eigenvalue weighted by atomic mass is 10.2. The van der Waals surface area contributed by atoms with E-state index in [-0.39, 0.29) is 5.69 Å². The minimum Gasteiger partial charge on any atom is -0.448 e. The molecule has 3 N–H and O–H groups in total. The minimum absolute atomic E-state index is 0.243. The number of aromatic amines is 1. The zero-order valence-electron chi connectivity index (χ0n) is 11.8. The molecule has 114 valence electrons. The summed E-state index contributed by atoms with van der Waals surface area (Å²) >= 11 is 0. The van der Waals surface area contributed by atoms with Crippen molar-refractivity contribution in [3.63, 3.8) is 0 Å². The summed E-state index contributed by atoms with van der Waals surface area (Å²) in [5.74, 6) is -1.75. The number of rotatable bonds is 4. The normalized spacial score (nSPS) is 11.3. The Balaban J connectivity index is 1.82. The average molecular weight is 301 g/mol. The molecule has 2 rings (SSSR count). The fourth-order valence-corrected chi connectivity index (χ4v) is 1.62. The summed E-state index contributed by atoms with van der Waals surface area (Å²) < 4.78 is 4.96. The maximum absolute atomic E-state index is 11.8. The molecule has 1 atom stereocenters. The van der Waals surface area contributed by atoms with E-state index in [4.69, 9.17) is 4.74 Å². The van der Waals surface area contributed by atoms with Crippen LogP contribution < -0.4 is 10.9 Å². The molecule has 0 aliphatic rings. The first-order valence-corrected chi connectivity index (χ1v) is 6.57. The van der Waals surface area contributed by atoms with Crippen LogP contribution in [0, 0.1) is 0 Å². The van der Waals surface area contributed by atoms with Crippen molar-refractivity contribution in [2.75, 3.05) is 0 Å². The standard InChI is InChI=1S/C15H15N3O4/c1-10(22-15(21)12-8-5-9-16-12)13(19)17-18-14(20)11-6-3-2-4-7-11/h2-10,16H,1H3,(H,17,19)(H,18,20)/t10-/m1/s1. The van der Waals surface area contributed by atoms with E-state index in [2.05, 4.69) is 15.8 Å². The second-order valence-corrected chi connectivity index (χ2v) is 4.44. The van der Waals surface area contributed by atoms with E-state index in [0.29, 0.717) is 5.56 Å². The third kappa shape index (κ3) is 3.95. The van der Waals surface area contributed by atoms with Crippen molar-refractivity contribution in [3.05, 3.63) is 59.9 Å². The average Bonchev–Trinajstić information content (AvgIpc) is 3.07. The molecule has 0 saturated carbocycles. The summed E-state index contributed by atoms with van der Waals surface area (Å²) in [5.41, 5.74) is 5.10. The molecule has 1 aromatic carbocycles. The number of H-pyrrole nitrogens is 1. The first-order chi connectivity index (χ1) is 10.6. The van der Waals surface area contributed by atoms with Gasteiger partial charge in [-0.3, -0.25) is 20.4 Å². The van der Waals surface area contributed by atoms with E-state index < -0.39 is 23.9 Å². The fraction of sp³-hybridized carbons (Fsp3) is 0.133. The van der Waals surface area contributed by atoms with Gasteiger partial charge in [0.1, 0.15) is 5.69 Å². The van der Waals surface area contributed by atoms with Crippen LogP contribution in [-0.2, 0) is 9.53 Å². The molecule has 0 aliphatic carbocycles. The van der Waals surface area contributed by atoms with Crippen LogP contribution in [0.3, 0.4) is 0 Å². The van der Waals surface area contributed by atoms with Gasteiger partial charge in [-0.25, -0.2) is 4.79 Å². The molecule has 7 heteroatoms. The first kappa shape index (κ1) is 15.3. The van der Waals surface area contributed by atoms with Crippen LogP contribution in [0.2, 0.25) is 0 Å². The van der Waals surface area contributed by atoms with Gasteiger partial charge in [-0.2, -0.15) is 0 Å². The molecule has 7 nitrogen and oxygen atoms in total. The summed E-state index contributed by atoms with van der Waals surface area (Å²) in [4.78, 5) is 37.8. The van der Waals surface area contributed by atoms with Gasteiger partial charge in [0.15, 0.2) is 6.10 Å². The zero-order chi connectivity index (χ0) is 15.9. The van der Waals surface area contributed by atoms with Crippen molar-refractivity contribution >= 4 is 17.8 Å². The topological polar surface area (TPSA) is 100 Å². The molecule has 1 aromatic heterocycles. The maximum atomic E-state index is 11.8. The molecule has 0 fully saturated rings. The summed E-state index contributed by atoms with van der Waals surface area (Å²) in [7, 11) is 0. The van der Waals surface area contributed by atoms with Crippen LogP contribution in [-0.4, -0.2) is 28.9 Å². The highest BCUT2D eigenvalue weighted by Gasteiger charge is 2.19. The molecule has 0 unspecified atom stereocenters. The molecule has 2 amide bonds. The van der Waals surface area contributed by atoms with Gasteiger partial charge < -0.3 is 9.72 Å². The lowest BCUT2D eigenvalue weighted by Crippen LogP contribution is -2.46. The Morgan fingerprint density at radius 1 is 1.05 bits per heavy atom. The Morgan fingerprint density at radius 2 is 1.77 bits per heavy atom. The highest BCUT2D eigenvalue weighted by molar-refractivity contribution is 5.96. The smallest absolute Gasteiger partial charge is 0.355 e. The Bertz CT molecular complexity index is 653. The number of hydrazine groups is 1. The first-order valence-electron chi connectivity index (χ1n) is 6.57. The van der Waals surface area contributed by atoms with E-state index in [1.165, 1.54) is 13.0 Å². The fourth-order valence-electron chi connectivity index (χ4n) is 1.62. The molecule has 0 bridgehead atoms. The molecule has 0 spiro atoms. The van der Waals surface area contributed by atoms with Crippen molar-refractivity contribution in [1.82, 2.24) is 15.8 Å². The highest BCUT2D eigenvalue weighted by Crippen LogP contribution is 2.01. The predicted molar refractivity (Wildman–Crippen MR) is 77.7 cm³/mol. The Labute approximate surface area is 126 Å². The number of carbonyl (C=O) groups excluding carboxylic acids is 3. The molecule has 1 heterocycles. The third-order valence-corrected chi connectivity index (χ3v) is 2.81. The van der Waals surface area contributed by atoms with Crippen molar-refractivity contribution in [2.24, 2.45) is 0 Å². The number of carbonyl (C=O) groups is 3. The summed E-state index contributed by atoms with van der Waals surface area (Å²) in [6.45, 7) is 1.41. The van der Waals surface area contributed by atoms with E-state index in [1.54, 1.807) is 42.6 Å². The second-order valence-electron chi connectivity index (χ2n) is 4.44. The van der Waals surface area contributed by atoms with E-state index in [9.17, 15) is 14.4 Å². The SMILES string of the molecule is C[C@@H](OC(=O)c1ccc[nH]1)C(=O)NNC(=O)c1ccccc1. The van der Waals surface area contributed by atoms with Gasteiger partial charge in [0, 0.05) is 11.8 Å². The molecule has 0 saturated heterocycles. The number of amides is 2. The zero-order valence-corrected chi connectivity index (χ0v) is 11.8. The van der Waals surface area contributed by atoms with Gasteiger partial charge in [-0.1, -0.05) is 18.2 Å². The maximum Gasteiger partial charge on any atom is 0.355 e. The van der Waals surface area contributed by atoms with Crippen molar-refractivity contribution in [1.29, 1.82) is 0 Å². The van der Waals surface area contributed by atoms with Crippen molar-refractivity contribution in [3.8, 4) is 0 Å². The van der Waals surface area contributed by atoms with Crippen LogP contribution in [0.25, 0.3) is 0 Å². The third-order valence-electron chi connectivity index (χ3n) is 2.81. The van der Waals surface area contributed by atoms with Gasteiger partial charge >= 0.3 is 5.97 Å². The largest absolute Gasteiger partial charge is 0.448 e. The number of hydrogen-bond acceptors (Lipinski definition) is 4. The van der Waals surface area contributed by atoms with Gasteiger partial charge in [0.05, 0.1) is 0 Å². The van der Waals surface area contributed by atoms with Crippen LogP contribution >= 0.6 is 0 Å². The molecular formula is C15H15N3O4. The number of esters is 1.